The van der Waals surface area contributed by atoms with Gasteiger partial charge in [-0.05, 0) is 12.1 Å². The molecule has 2 rings (SSSR count). The molecule has 0 bridgehead atoms. The zero-order valence-corrected chi connectivity index (χ0v) is 11.3. The normalized spacial score (nSPS) is 18.4. The van der Waals surface area contributed by atoms with Gasteiger partial charge in [-0.25, -0.2) is 13.6 Å². The average molecular weight is 300 g/mol. The first-order chi connectivity index (χ1) is 9.95. The van der Waals surface area contributed by atoms with Crippen LogP contribution in [0.15, 0.2) is 12.1 Å². The summed E-state index contributed by atoms with van der Waals surface area (Å²) < 4.78 is 36.9. The van der Waals surface area contributed by atoms with Crippen molar-refractivity contribution in [3.05, 3.63) is 29.3 Å². The minimum Gasteiger partial charge on any atom is -0.467 e. The average Bonchev–Trinajstić information content (AvgIpc) is 2.49. The molecule has 0 aliphatic carbocycles. The van der Waals surface area contributed by atoms with Gasteiger partial charge in [-0.3, -0.25) is 4.79 Å². The maximum absolute atomic E-state index is 13.9. The molecule has 1 aromatic rings. The summed E-state index contributed by atoms with van der Waals surface area (Å²) in [6, 6.07) is 0.529. The van der Waals surface area contributed by atoms with Crippen molar-refractivity contribution in [3.8, 4) is 0 Å². The number of nitrogens with two attached hydrogens (primary N) is 1. The quantitative estimate of drug-likeness (QED) is 0.637. The fraction of sp³-hybridized carbons (Fsp3) is 0.385. The summed E-state index contributed by atoms with van der Waals surface area (Å²) >= 11 is 0. The lowest BCUT2D eigenvalue weighted by Gasteiger charge is -2.33. The predicted molar refractivity (Wildman–Crippen MR) is 68.4 cm³/mol. The number of rotatable bonds is 2. The summed E-state index contributed by atoms with van der Waals surface area (Å²) in [7, 11) is 1.17. The second-order valence-electron chi connectivity index (χ2n) is 4.47. The number of morpholine rings is 1. The molecule has 0 aromatic heterocycles. The molecule has 21 heavy (non-hydrogen) atoms. The number of hydrogen-bond donors (Lipinski definition) is 1. The molecule has 0 radical (unpaired) electrons. The fourth-order valence-corrected chi connectivity index (χ4v) is 2.10. The highest BCUT2D eigenvalue weighted by Crippen LogP contribution is 2.21. The van der Waals surface area contributed by atoms with Crippen LogP contribution in [0.25, 0.3) is 0 Å². The van der Waals surface area contributed by atoms with Gasteiger partial charge in [0.15, 0.2) is 11.9 Å². The SMILES string of the molecule is COC(=O)C1COCCN1C(=O)c1cc(F)cc(N)c1F. The monoisotopic (exact) mass is 300 g/mol. The van der Waals surface area contributed by atoms with Crippen molar-refractivity contribution in [2.75, 3.05) is 32.6 Å². The molecule has 1 atom stereocenters. The molecule has 2 N–H and O–H groups in total. The Hall–Kier alpha value is -2.22. The number of halogens is 2. The largest absolute Gasteiger partial charge is 0.467 e. The van der Waals surface area contributed by atoms with Crippen molar-refractivity contribution in [2.24, 2.45) is 0 Å². The van der Waals surface area contributed by atoms with Gasteiger partial charge in [-0.2, -0.15) is 0 Å². The number of methoxy groups -OCH3 is 1. The highest BCUT2D eigenvalue weighted by atomic mass is 19.1. The van der Waals surface area contributed by atoms with Crippen LogP contribution in [-0.4, -0.2) is 49.7 Å². The van der Waals surface area contributed by atoms with E-state index >= 15 is 0 Å². The lowest BCUT2D eigenvalue weighted by atomic mass is 10.1. The van der Waals surface area contributed by atoms with Crippen LogP contribution in [-0.2, 0) is 14.3 Å². The number of hydrogen-bond acceptors (Lipinski definition) is 5. The molecule has 114 valence electrons. The maximum Gasteiger partial charge on any atom is 0.331 e. The molecule has 1 fully saturated rings. The summed E-state index contributed by atoms with van der Waals surface area (Å²) in [5, 5.41) is 0. The summed E-state index contributed by atoms with van der Waals surface area (Å²) in [5.41, 5.74) is 4.31. The Kier molecular flexibility index (Phi) is 4.37. The third-order valence-electron chi connectivity index (χ3n) is 3.16. The van der Waals surface area contributed by atoms with Gasteiger partial charge in [0, 0.05) is 6.54 Å². The van der Waals surface area contributed by atoms with Gasteiger partial charge in [-0.1, -0.05) is 0 Å². The van der Waals surface area contributed by atoms with Gasteiger partial charge in [0.05, 0.1) is 31.6 Å². The van der Waals surface area contributed by atoms with Crippen LogP contribution in [0.2, 0.25) is 0 Å². The number of esters is 1. The Morgan fingerprint density at radius 3 is 2.81 bits per heavy atom. The van der Waals surface area contributed by atoms with Crippen molar-refractivity contribution in [3.63, 3.8) is 0 Å². The number of anilines is 1. The number of nitrogens with zero attached hydrogens (tertiary/aromatic N) is 1. The van der Waals surface area contributed by atoms with E-state index in [4.69, 9.17) is 10.5 Å². The second kappa shape index (κ2) is 6.04. The molecule has 6 nitrogen and oxygen atoms in total. The topological polar surface area (TPSA) is 81.9 Å². The van der Waals surface area contributed by atoms with Crippen LogP contribution < -0.4 is 5.73 Å². The summed E-state index contributed by atoms with van der Waals surface area (Å²) in [4.78, 5) is 25.1. The van der Waals surface area contributed by atoms with Gasteiger partial charge >= 0.3 is 5.97 Å². The Balaban J connectivity index is 2.35. The van der Waals surface area contributed by atoms with Crippen molar-refractivity contribution < 1.29 is 27.8 Å². The van der Waals surface area contributed by atoms with Gasteiger partial charge in [-0.15, -0.1) is 0 Å². The molecule has 1 unspecified atom stereocenters. The summed E-state index contributed by atoms with van der Waals surface area (Å²) in [6.07, 6.45) is 0. The van der Waals surface area contributed by atoms with E-state index in [2.05, 4.69) is 4.74 Å². The first kappa shape index (κ1) is 15.2. The Morgan fingerprint density at radius 1 is 1.43 bits per heavy atom. The Morgan fingerprint density at radius 2 is 2.14 bits per heavy atom. The molecular weight excluding hydrogens is 286 g/mol. The molecule has 1 amide bonds. The van der Waals surface area contributed by atoms with Gasteiger partial charge in [0.1, 0.15) is 5.82 Å². The van der Waals surface area contributed by atoms with Gasteiger partial charge in [0.25, 0.3) is 5.91 Å². The number of benzene rings is 1. The lowest BCUT2D eigenvalue weighted by molar-refractivity contribution is -0.151. The van der Waals surface area contributed by atoms with Gasteiger partial charge in [0.2, 0.25) is 0 Å². The lowest BCUT2D eigenvalue weighted by Crippen LogP contribution is -2.53. The van der Waals surface area contributed by atoms with E-state index in [9.17, 15) is 18.4 Å². The number of carbonyl (C=O) groups is 2. The smallest absolute Gasteiger partial charge is 0.331 e. The molecule has 0 saturated carbocycles. The number of nitrogen functional groups attached to an aromatic ring is 1. The predicted octanol–water partition coefficient (Wildman–Crippen LogP) is 0.561. The zero-order chi connectivity index (χ0) is 15.6. The van der Waals surface area contributed by atoms with E-state index in [-0.39, 0.29) is 19.8 Å². The molecule has 1 heterocycles. The maximum atomic E-state index is 13.9. The third kappa shape index (κ3) is 2.94. The summed E-state index contributed by atoms with van der Waals surface area (Å²) in [5.74, 6) is -3.37. The molecule has 1 aliphatic heterocycles. The highest BCUT2D eigenvalue weighted by Gasteiger charge is 2.35. The van der Waals surface area contributed by atoms with Crippen LogP contribution in [0, 0.1) is 11.6 Å². The molecule has 1 aliphatic rings. The minimum absolute atomic E-state index is 0.0639. The van der Waals surface area contributed by atoms with Crippen molar-refractivity contribution >= 4 is 17.6 Å². The second-order valence-corrected chi connectivity index (χ2v) is 4.47. The minimum atomic E-state index is -1.02. The fourth-order valence-electron chi connectivity index (χ4n) is 2.10. The van der Waals surface area contributed by atoms with E-state index in [0.717, 1.165) is 17.0 Å². The van der Waals surface area contributed by atoms with E-state index in [1.165, 1.54) is 7.11 Å². The van der Waals surface area contributed by atoms with E-state index in [0.29, 0.717) is 0 Å². The van der Waals surface area contributed by atoms with Crippen LogP contribution in [0.3, 0.4) is 0 Å². The van der Waals surface area contributed by atoms with E-state index < -0.39 is 40.8 Å². The number of carbonyl (C=O) groups excluding carboxylic acids is 2. The van der Waals surface area contributed by atoms with E-state index in [1.54, 1.807) is 0 Å². The molecule has 1 saturated heterocycles. The molecule has 8 heteroatoms. The summed E-state index contributed by atoms with van der Waals surface area (Å²) in [6.45, 7) is 0.185. The van der Waals surface area contributed by atoms with Crippen molar-refractivity contribution in [1.29, 1.82) is 0 Å². The molecule has 0 spiro atoms. The first-order valence-electron chi connectivity index (χ1n) is 6.16. The van der Waals surface area contributed by atoms with Crippen LogP contribution in [0.5, 0.6) is 0 Å². The Labute approximate surface area is 119 Å². The van der Waals surface area contributed by atoms with Crippen LogP contribution in [0.4, 0.5) is 14.5 Å². The zero-order valence-electron chi connectivity index (χ0n) is 11.3. The number of ether oxygens (including phenoxy) is 2. The Bertz CT molecular complexity index is 580. The highest BCUT2D eigenvalue weighted by molar-refractivity contribution is 5.98. The molecule has 1 aromatic carbocycles. The third-order valence-corrected chi connectivity index (χ3v) is 3.16. The standard InChI is InChI=1S/C13H14F2N2O4/c1-20-13(19)10-6-21-3-2-17(10)12(18)8-4-7(14)5-9(16)11(8)15/h4-5,10H,2-3,6,16H2,1H3. The number of amides is 1. The van der Waals surface area contributed by atoms with Crippen molar-refractivity contribution in [2.45, 2.75) is 6.04 Å². The first-order valence-corrected chi connectivity index (χ1v) is 6.16. The van der Waals surface area contributed by atoms with Crippen molar-refractivity contribution in [1.82, 2.24) is 4.90 Å². The van der Waals surface area contributed by atoms with Crippen LogP contribution in [0.1, 0.15) is 10.4 Å². The molecular formula is C13H14F2N2O4. The van der Waals surface area contributed by atoms with Gasteiger partial charge < -0.3 is 20.1 Å². The van der Waals surface area contributed by atoms with Crippen LogP contribution >= 0.6 is 0 Å². The van der Waals surface area contributed by atoms with E-state index in [1.807, 2.05) is 0 Å².